The van der Waals surface area contributed by atoms with Crippen molar-refractivity contribution in [3.63, 3.8) is 0 Å². The van der Waals surface area contributed by atoms with Crippen LogP contribution >= 0.6 is 34.8 Å². The number of halogens is 4. The summed E-state index contributed by atoms with van der Waals surface area (Å²) in [6.07, 6.45) is -0.694. The lowest BCUT2D eigenvalue weighted by molar-refractivity contribution is 0.178. The van der Waals surface area contributed by atoms with Crippen molar-refractivity contribution in [2.24, 2.45) is 0 Å². The molecule has 1 unspecified atom stereocenters. The Labute approximate surface area is 125 Å². The van der Waals surface area contributed by atoms with Gasteiger partial charge in [0.15, 0.2) is 0 Å². The summed E-state index contributed by atoms with van der Waals surface area (Å²) in [4.78, 5) is 0. The smallest absolute Gasteiger partial charge is 0.142 e. The lowest BCUT2D eigenvalue weighted by Gasteiger charge is -2.14. The van der Waals surface area contributed by atoms with E-state index in [-0.39, 0.29) is 11.4 Å². The molecule has 0 saturated heterocycles. The van der Waals surface area contributed by atoms with E-state index in [1.807, 2.05) is 0 Å². The Balaban J connectivity index is 2.25. The molecule has 0 aromatic heterocycles. The first-order valence-electron chi connectivity index (χ1n) is 5.55. The van der Waals surface area contributed by atoms with E-state index in [1.165, 1.54) is 12.1 Å². The summed E-state index contributed by atoms with van der Waals surface area (Å²) in [5.74, 6) is -0.555. The fraction of sp³-hybridized carbons (Fsp3) is 0.143. The molecule has 1 N–H and O–H groups in total. The predicted octanol–water partition coefficient (Wildman–Crippen LogP) is 5.06. The van der Waals surface area contributed by atoms with Crippen LogP contribution in [-0.4, -0.2) is 5.11 Å². The second-order valence-electron chi connectivity index (χ2n) is 4.10. The molecular formula is C14H10Cl3FO. The van der Waals surface area contributed by atoms with Gasteiger partial charge >= 0.3 is 0 Å². The van der Waals surface area contributed by atoms with Crippen LogP contribution in [0.5, 0.6) is 0 Å². The van der Waals surface area contributed by atoms with Crippen molar-refractivity contribution in [3.05, 3.63) is 68.4 Å². The highest BCUT2D eigenvalue weighted by Crippen LogP contribution is 2.30. The van der Waals surface area contributed by atoms with Crippen LogP contribution in [0.3, 0.4) is 0 Å². The van der Waals surface area contributed by atoms with E-state index >= 15 is 0 Å². The SMILES string of the molecule is OC(Cc1ccc(Cl)cc1Cl)c1cccc(F)c1Cl. The van der Waals surface area contributed by atoms with Gasteiger partial charge in [-0.2, -0.15) is 0 Å². The van der Waals surface area contributed by atoms with Crippen molar-refractivity contribution in [1.29, 1.82) is 0 Å². The van der Waals surface area contributed by atoms with Crippen LogP contribution in [-0.2, 0) is 6.42 Å². The van der Waals surface area contributed by atoms with Gasteiger partial charge in [0, 0.05) is 22.0 Å². The summed E-state index contributed by atoms with van der Waals surface area (Å²) >= 11 is 17.7. The maximum atomic E-state index is 13.3. The predicted molar refractivity (Wildman–Crippen MR) is 76.5 cm³/mol. The Morgan fingerprint density at radius 2 is 1.84 bits per heavy atom. The average Bonchev–Trinajstić information content (AvgIpc) is 2.36. The first kappa shape index (κ1) is 14.6. The molecule has 0 aliphatic rings. The van der Waals surface area contributed by atoms with Crippen molar-refractivity contribution >= 4 is 34.8 Å². The molecule has 0 spiro atoms. The molecule has 0 saturated carbocycles. The Bertz CT molecular complexity index is 601. The van der Waals surface area contributed by atoms with E-state index < -0.39 is 11.9 Å². The van der Waals surface area contributed by atoms with Gasteiger partial charge in [0.25, 0.3) is 0 Å². The molecule has 2 rings (SSSR count). The zero-order valence-electron chi connectivity index (χ0n) is 9.71. The van der Waals surface area contributed by atoms with Crippen LogP contribution in [0.25, 0.3) is 0 Å². The minimum absolute atomic E-state index is 0.0694. The van der Waals surface area contributed by atoms with Crippen LogP contribution in [0.4, 0.5) is 4.39 Å². The lowest BCUT2D eigenvalue weighted by atomic mass is 10.0. The fourth-order valence-corrected chi connectivity index (χ4v) is 2.52. The molecule has 2 aromatic rings. The van der Waals surface area contributed by atoms with Crippen LogP contribution < -0.4 is 0 Å². The normalized spacial score (nSPS) is 12.5. The monoisotopic (exact) mass is 318 g/mol. The molecular weight excluding hydrogens is 310 g/mol. The van der Waals surface area contributed by atoms with Gasteiger partial charge in [-0.05, 0) is 23.8 Å². The first-order chi connectivity index (χ1) is 8.99. The number of hydrogen-bond donors (Lipinski definition) is 1. The van der Waals surface area contributed by atoms with Gasteiger partial charge in [-0.3, -0.25) is 0 Å². The Morgan fingerprint density at radius 1 is 1.11 bits per heavy atom. The van der Waals surface area contributed by atoms with Crippen molar-refractivity contribution in [1.82, 2.24) is 0 Å². The average molecular weight is 320 g/mol. The number of aliphatic hydroxyl groups is 1. The van der Waals surface area contributed by atoms with Gasteiger partial charge in [0.2, 0.25) is 0 Å². The van der Waals surface area contributed by atoms with Crippen LogP contribution in [0.15, 0.2) is 36.4 Å². The van der Waals surface area contributed by atoms with E-state index in [9.17, 15) is 9.50 Å². The molecule has 0 fully saturated rings. The second-order valence-corrected chi connectivity index (χ2v) is 5.32. The van der Waals surface area contributed by atoms with Gasteiger partial charge in [-0.1, -0.05) is 53.0 Å². The summed E-state index contributed by atoms with van der Waals surface area (Å²) < 4.78 is 13.3. The molecule has 0 heterocycles. The maximum absolute atomic E-state index is 13.3. The summed E-state index contributed by atoms with van der Waals surface area (Å²) in [5.41, 5.74) is 1.06. The van der Waals surface area contributed by atoms with E-state index in [2.05, 4.69) is 0 Å². The summed E-state index contributed by atoms with van der Waals surface area (Å²) in [5, 5.41) is 11.0. The van der Waals surface area contributed by atoms with E-state index in [4.69, 9.17) is 34.8 Å². The summed E-state index contributed by atoms with van der Waals surface area (Å²) in [6.45, 7) is 0. The van der Waals surface area contributed by atoms with Crippen LogP contribution in [0, 0.1) is 5.82 Å². The van der Waals surface area contributed by atoms with Gasteiger partial charge in [-0.25, -0.2) is 4.39 Å². The molecule has 0 amide bonds. The Kier molecular flexibility index (Phi) is 4.69. The molecule has 100 valence electrons. The number of aliphatic hydroxyl groups excluding tert-OH is 1. The van der Waals surface area contributed by atoms with Crippen LogP contribution in [0.1, 0.15) is 17.2 Å². The number of rotatable bonds is 3. The molecule has 1 atom stereocenters. The van der Waals surface area contributed by atoms with E-state index in [0.717, 1.165) is 5.56 Å². The minimum Gasteiger partial charge on any atom is -0.388 e. The molecule has 0 aliphatic heterocycles. The lowest BCUT2D eigenvalue weighted by Crippen LogP contribution is -2.04. The highest BCUT2D eigenvalue weighted by Gasteiger charge is 2.16. The van der Waals surface area contributed by atoms with Crippen molar-refractivity contribution < 1.29 is 9.50 Å². The van der Waals surface area contributed by atoms with Gasteiger partial charge in [0.05, 0.1) is 11.1 Å². The highest BCUT2D eigenvalue weighted by atomic mass is 35.5. The molecule has 0 aliphatic carbocycles. The zero-order chi connectivity index (χ0) is 14.0. The van der Waals surface area contributed by atoms with Gasteiger partial charge < -0.3 is 5.11 Å². The summed E-state index contributed by atoms with van der Waals surface area (Å²) in [6, 6.07) is 9.33. The molecule has 19 heavy (non-hydrogen) atoms. The Hall–Kier alpha value is -0.800. The highest BCUT2D eigenvalue weighted by molar-refractivity contribution is 6.35. The topological polar surface area (TPSA) is 20.2 Å². The van der Waals surface area contributed by atoms with Gasteiger partial charge in [-0.15, -0.1) is 0 Å². The Morgan fingerprint density at radius 3 is 2.53 bits per heavy atom. The first-order valence-corrected chi connectivity index (χ1v) is 6.68. The third-order valence-electron chi connectivity index (χ3n) is 2.77. The molecule has 1 nitrogen and oxygen atoms in total. The second kappa shape index (κ2) is 6.10. The van der Waals surface area contributed by atoms with Crippen molar-refractivity contribution in [2.75, 3.05) is 0 Å². The van der Waals surface area contributed by atoms with E-state index in [1.54, 1.807) is 24.3 Å². The van der Waals surface area contributed by atoms with Crippen LogP contribution in [0.2, 0.25) is 15.1 Å². The standard InChI is InChI=1S/C14H10Cl3FO/c15-9-5-4-8(11(16)7-9)6-13(19)10-2-1-3-12(18)14(10)17/h1-5,7,13,19H,6H2. The largest absolute Gasteiger partial charge is 0.388 e. The molecule has 5 heteroatoms. The van der Waals surface area contributed by atoms with Gasteiger partial charge in [0.1, 0.15) is 5.82 Å². The molecule has 2 aromatic carbocycles. The third-order valence-corrected chi connectivity index (χ3v) is 3.75. The van der Waals surface area contributed by atoms with Crippen molar-refractivity contribution in [3.8, 4) is 0 Å². The fourth-order valence-electron chi connectivity index (χ4n) is 1.78. The maximum Gasteiger partial charge on any atom is 0.142 e. The molecule has 0 radical (unpaired) electrons. The quantitative estimate of drug-likeness (QED) is 0.838. The van der Waals surface area contributed by atoms with E-state index in [0.29, 0.717) is 15.6 Å². The summed E-state index contributed by atoms with van der Waals surface area (Å²) in [7, 11) is 0. The zero-order valence-corrected chi connectivity index (χ0v) is 12.0. The molecule has 0 bridgehead atoms. The number of benzene rings is 2. The number of hydrogen-bond acceptors (Lipinski definition) is 1. The van der Waals surface area contributed by atoms with Crippen molar-refractivity contribution in [2.45, 2.75) is 12.5 Å². The minimum atomic E-state index is -0.929. The third kappa shape index (κ3) is 3.40.